The minimum absolute atomic E-state index is 0.913. The van der Waals surface area contributed by atoms with E-state index in [1.165, 1.54) is 23.3 Å². The summed E-state index contributed by atoms with van der Waals surface area (Å²) < 4.78 is 0. The zero-order valence-corrected chi connectivity index (χ0v) is 9.21. The van der Waals surface area contributed by atoms with E-state index in [4.69, 9.17) is 5.26 Å². The highest BCUT2D eigenvalue weighted by Gasteiger charge is 2.21. The second-order valence-electron chi connectivity index (χ2n) is 3.60. The SMILES string of the molecule is CCCNc1sc2c(c1C#N)CCC2. The fourth-order valence-corrected chi connectivity index (χ4v) is 3.15. The second-order valence-corrected chi connectivity index (χ2v) is 4.71. The monoisotopic (exact) mass is 206 g/mol. The van der Waals surface area contributed by atoms with Gasteiger partial charge in [0.05, 0.1) is 5.56 Å². The molecule has 0 atom stereocenters. The Labute approximate surface area is 88.6 Å². The Hall–Kier alpha value is -1.01. The molecule has 0 saturated carbocycles. The summed E-state index contributed by atoms with van der Waals surface area (Å²) in [4.78, 5) is 1.43. The van der Waals surface area contributed by atoms with E-state index in [2.05, 4.69) is 18.3 Å². The molecule has 0 amide bonds. The molecule has 0 fully saturated rings. The highest BCUT2D eigenvalue weighted by molar-refractivity contribution is 7.16. The number of rotatable bonds is 3. The topological polar surface area (TPSA) is 35.8 Å². The minimum atomic E-state index is 0.913. The third kappa shape index (κ3) is 1.51. The van der Waals surface area contributed by atoms with Crippen LogP contribution < -0.4 is 5.32 Å². The Morgan fingerprint density at radius 1 is 1.50 bits per heavy atom. The van der Waals surface area contributed by atoms with Crippen LogP contribution in [-0.4, -0.2) is 6.54 Å². The number of hydrogen-bond donors (Lipinski definition) is 1. The third-order valence-electron chi connectivity index (χ3n) is 2.57. The summed E-state index contributed by atoms with van der Waals surface area (Å²) in [6, 6.07) is 2.33. The van der Waals surface area contributed by atoms with Gasteiger partial charge in [0, 0.05) is 11.4 Å². The number of anilines is 1. The van der Waals surface area contributed by atoms with Gasteiger partial charge in [-0.3, -0.25) is 0 Å². The number of thiophene rings is 1. The van der Waals surface area contributed by atoms with Crippen LogP contribution in [0.15, 0.2) is 0 Å². The van der Waals surface area contributed by atoms with Crippen molar-refractivity contribution < 1.29 is 0 Å². The normalized spacial score (nSPS) is 13.7. The maximum Gasteiger partial charge on any atom is 0.107 e. The molecule has 3 heteroatoms. The quantitative estimate of drug-likeness (QED) is 0.825. The summed E-state index contributed by atoms with van der Waals surface area (Å²) in [6.07, 6.45) is 4.60. The average Bonchev–Trinajstić information content (AvgIpc) is 2.73. The van der Waals surface area contributed by atoms with E-state index in [0.717, 1.165) is 30.0 Å². The molecule has 1 aliphatic rings. The van der Waals surface area contributed by atoms with Crippen molar-refractivity contribution in [1.82, 2.24) is 0 Å². The first kappa shape index (κ1) is 9.54. The summed E-state index contributed by atoms with van der Waals surface area (Å²) >= 11 is 1.78. The smallest absolute Gasteiger partial charge is 0.107 e. The van der Waals surface area contributed by atoms with Crippen LogP contribution in [0.25, 0.3) is 0 Å². The molecule has 0 aromatic carbocycles. The molecule has 1 aromatic heterocycles. The van der Waals surface area contributed by atoms with Crippen molar-refractivity contribution in [1.29, 1.82) is 5.26 Å². The summed E-state index contributed by atoms with van der Waals surface area (Å²) in [5, 5.41) is 13.5. The van der Waals surface area contributed by atoms with E-state index in [1.807, 2.05) is 0 Å². The molecular formula is C11H14N2S. The third-order valence-corrected chi connectivity index (χ3v) is 3.82. The van der Waals surface area contributed by atoms with Crippen molar-refractivity contribution in [3.63, 3.8) is 0 Å². The first-order chi connectivity index (χ1) is 6.86. The molecule has 2 rings (SSSR count). The summed E-state index contributed by atoms with van der Waals surface area (Å²) in [6.45, 7) is 3.11. The van der Waals surface area contributed by atoms with Crippen LogP contribution in [0, 0.1) is 11.3 Å². The number of aryl methyl sites for hydroxylation is 1. The number of fused-ring (bicyclic) bond motifs is 1. The zero-order chi connectivity index (χ0) is 9.97. The van der Waals surface area contributed by atoms with Crippen LogP contribution >= 0.6 is 11.3 Å². The van der Waals surface area contributed by atoms with Gasteiger partial charge in [-0.25, -0.2) is 0 Å². The van der Waals surface area contributed by atoms with Gasteiger partial charge in [-0.05, 0) is 31.2 Å². The van der Waals surface area contributed by atoms with E-state index >= 15 is 0 Å². The molecular weight excluding hydrogens is 192 g/mol. The van der Waals surface area contributed by atoms with Crippen molar-refractivity contribution in [3.05, 3.63) is 16.0 Å². The number of hydrogen-bond acceptors (Lipinski definition) is 3. The predicted molar refractivity (Wildman–Crippen MR) is 59.8 cm³/mol. The predicted octanol–water partition coefficient (Wildman–Crippen LogP) is 2.93. The number of nitrogens with zero attached hydrogens (tertiary/aromatic N) is 1. The van der Waals surface area contributed by atoms with Gasteiger partial charge in [0.2, 0.25) is 0 Å². The van der Waals surface area contributed by atoms with Crippen molar-refractivity contribution in [3.8, 4) is 6.07 Å². The molecule has 0 radical (unpaired) electrons. The van der Waals surface area contributed by atoms with Crippen molar-refractivity contribution >= 4 is 16.3 Å². The maximum absolute atomic E-state index is 9.09. The number of nitriles is 1. The molecule has 0 aliphatic heterocycles. The van der Waals surface area contributed by atoms with Gasteiger partial charge < -0.3 is 5.32 Å². The fraction of sp³-hybridized carbons (Fsp3) is 0.545. The van der Waals surface area contributed by atoms with Crippen LogP contribution in [-0.2, 0) is 12.8 Å². The van der Waals surface area contributed by atoms with Crippen LogP contribution in [0.5, 0.6) is 0 Å². The lowest BCUT2D eigenvalue weighted by Gasteiger charge is -2.01. The second kappa shape index (κ2) is 4.02. The van der Waals surface area contributed by atoms with Gasteiger partial charge in [0.25, 0.3) is 0 Å². The molecule has 0 saturated heterocycles. The van der Waals surface area contributed by atoms with Crippen LogP contribution in [0.2, 0.25) is 0 Å². The molecule has 1 aromatic rings. The van der Waals surface area contributed by atoms with Gasteiger partial charge in [0.1, 0.15) is 11.1 Å². The maximum atomic E-state index is 9.09. The molecule has 0 unspecified atom stereocenters. The van der Waals surface area contributed by atoms with E-state index in [0.29, 0.717) is 0 Å². The zero-order valence-electron chi connectivity index (χ0n) is 8.39. The van der Waals surface area contributed by atoms with E-state index in [-0.39, 0.29) is 0 Å². The summed E-state index contributed by atoms with van der Waals surface area (Å²) in [7, 11) is 0. The highest BCUT2D eigenvalue weighted by atomic mass is 32.1. The van der Waals surface area contributed by atoms with Crippen LogP contribution in [0.4, 0.5) is 5.00 Å². The van der Waals surface area contributed by atoms with Crippen molar-refractivity contribution in [2.24, 2.45) is 0 Å². The van der Waals surface area contributed by atoms with Gasteiger partial charge in [0.15, 0.2) is 0 Å². The Bertz CT molecular complexity index is 373. The van der Waals surface area contributed by atoms with E-state index in [1.54, 1.807) is 11.3 Å². The minimum Gasteiger partial charge on any atom is -0.376 e. The molecule has 1 N–H and O–H groups in total. The van der Waals surface area contributed by atoms with Gasteiger partial charge in [-0.15, -0.1) is 11.3 Å². The Morgan fingerprint density at radius 2 is 2.36 bits per heavy atom. The lowest BCUT2D eigenvalue weighted by atomic mass is 10.1. The molecule has 0 bridgehead atoms. The molecule has 74 valence electrons. The van der Waals surface area contributed by atoms with E-state index < -0.39 is 0 Å². The average molecular weight is 206 g/mol. The van der Waals surface area contributed by atoms with Gasteiger partial charge >= 0.3 is 0 Å². The molecule has 2 nitrogen and oxygen atoms in total. The first-order valence-electron chi connectivity index (χ1n) is 5.15. The lowest BCUT2D eigenvalue weighted by Crippen LogP contribution is -1.99. The standard InChI is InChI=1S/C11H14N2S/c1-2-6-13-11-9(7-12)8-4-3-5-10(8)14-11/h13H,2-6H2,1H3. The van der Waals surface area contributed by atoms with Crippen molar-refractivity contribution in [2.45, 2.75) is 32.6 Å². The fourth-order valence-electron chi connectivity index (χ4n) is 1.89. The summed E-state index contributed by atoms with van der Waals surface area (Å²) in [5.41, 5.74) is 2.23. The molecule has 1 heterocycles. The lowest BCUT2D eigenvalue weighted by molar-refractivity contribution is 0.913. The first-order valence-corrected chi connectivity index (χ1v) is 5.97. The Morgan fingerprint density at radius 3 is 3.07 bits per heavy atom. The molecule has 14 heavy (non-hydrogen) atoms. The molecule has 1 aliphatic carbocycles. The van der Waals surface area contributed by atoms with Crippen LogP contribution in [0.3, 0.4) is 0 Å². The Kier molecular flexibility index (Phi) is 2.74. The molecule has 0 spiro atoms. The van der Waals surface area contributed by atoms with Crippen molar-refractivity contribution in [2.75, 3.05) is 11.9 Å². The summed E-state index contributed by atoms with van der Waals surface area (Å²) in [5.74, 6) is 0. The highest BCUT2D eigenvalue weighted by Crippen LogP contribution is 2.38. The van der Waals surface area contributed by atoms with E-state index in [9.17, 15) is 0 Å². The van der Waals surface area contributed by atoms with Gasteiger partial charge in [-0.2, -0.15) is 5.26 Å². The Balaban J connectivity index is 2.28. The van der Waals surface area contributed by atoms with Crippen LogP contribution in [0.1, 0.15) is 35.8 Å². The largest absolute Gasteiger partial charge is 0.376 e. The number of nitrogens with one attached hydrogen (secondary N) is 1. The van der Waals surface area contributed by atoms with Gasteiger partial charge in [-0.1, -0.05) is 6.92 Å².